The highest BCUT2D eigenvalue weighted by Crippen LogP contribution is 2.40. The van der Waals surface area contributed by atoms with Gasteiger partial charge in [-0.05, 0) is 37.6 Å². The molecular weight excluding hydrogens is 460 g/mol. The number of carbonyl (C=O) groups excluding carboxylic acids is 1. The van der Waals surface area contributed by atoms with Crippen molar-refractivity contribution in [2.24, 2.45) is 9.50 Å². The molecule has 5 rings (SSSR count). The Kier molecular flexibility index (Phi) is 5.21. The van der Waals surface area contributed by atoms with E-state index < -0.39 is 21.5 Å². The lowest BCUT2D eigenvalue weighted by molar-refractivity contribution is 0.132. The zero-order chi connectivity index (χ0) is 24.1. The van der Waals surface area contributed by atoms with Crippen LogP contribution in [-0.2, 0) is 22.9 Å². The van der Waals surface area contributed by atoms with E-state index in [2.05, 4.69) is 19.8 Å². The number of pyridine rings is 1. The molecule has 178 valence electrons. The normalized spacial score (nSPS) is 17.1. The maximum absolute atomic E-state index is 13.3. The van der Waals surface area contributed by atoms with Gasteiger partial charge in [0, 0.05) is 29.8 Å². The highest BCUT2D eigenvalue weighted by molar-refractivity contribution is 7.91. The SMILES string of the molecule is COc1cc(-c2ccc3c(c2NC(=O)N=[S@@](N)(=O)c2cnn4c2OC(C)(C)C4)CCO3)ccn1. The number of aromatic nitrogens is 3. The molecule has 2 aliphatic heterocycles. The van der Waals surface area contributed by atoms with E-state index in [1.165, 1.54) is 13.3 Å². The largest absolute Gasteiger partial charge is 0.493 e. The van der Waals surface area contributed by atoms with Gasteiger partial charge in [-0.15, -0.1) is 4.36 Å². The van der Waals surface area contributed by atoms with Crippen LogP contribution in [0.4, 0.5) is 10.5 Å². The molecule has 2 amide bonds. The van der Waals surface area contributed by atoms with Gasteiger partial charge >= 0.3 is 6.03 Å². The van der Waals surface area contributed by atoms with Crippen LogP contribution in [0.2, 0.25) is 0 Å². The zero-order valence-corrected chi connectivity index (χ0v) is 19.7. The van der Waals surface area contributed by atoms with Crippen LogP contribution in [0.15, 0.2) is 45.9 Å². The molecule has 3 aromatic rings. The number of nitrogens with two attached hydrogens (primary N) is 1. The second kappa shape index (κ2) is 7.99. The summed E-state index contributed by atoms with van der Waals surface area (Å²) in [6.07, 6.45) is 3.54. The van der Waals surface area contributed by atoms with E-state index in [1.807, 2.05) is 26.0 Å². The highest BCUT2D eigenvalue weighted by Gasteiger charge is 2.35. The van der Waals surface area contributed by atoms with Crippen molar-refractivity contribution in [1.82, 2.24) is 14.8 Å². The van der Waals surface area contributed by atoms with Crippen molar-refractivity contribution in [1.29, 1.82) is 0 Å². The third kappa shape index (κ3) is 3.94. The van der Waals surface area contributed by atoms with Gasteiger partial charge in [0.05, 0.1) is 32.1 Å². The van der Waals surface area contributed by atoms with E-state index in [0.29, 0.717) is 42.5 Å². The topological polar surface area (TPSA) is 143 Å². The number of methoxy groups -OCH3 is 1. The second-order valence-electron chi connectivity index (χ2n) is 8.57. The zero-order valence-electron chi connectivity index (χ0n) is 18.9. The van der Waals surface area contributed by atoms with Crippen LogP contribution in [-0.4, -0.2) is 44.3 Å². The quantitative estimate of drug-likeness (QED) is 0.579. The number of benzene rings is 1. The summed E-state index contributed by atoms with van der Waals surface area (Å²) in [5.41, 5.74) is 2.28. The summed E-state index contributed by atoms with van der Waals surface area (Å²) < 4.78 is 35.3. The molecule has 1 aromatic carbocycles. The minimum atomic E-state index is -3.62. The number of carbonyl (C=O) groups is 1. The number of anilines is 1. The fourth-order valence-electron chi connectivity index (χ4n) is 4.08. The van der Waals surface area contributed by atoms with E-state index in [-0.39, 0.29) is 10.8 Å². The maximum atomic E-state index is 13.3. The summed E-state index contributed by atoms with van der Waals surface area (Å²) in [5.74, 6) is 1.35. The number of amides is 2. The fraction of sp³-hybridized carbons (Fsp3) is 0.318. The number of rotatable bonds is 4. The summed E-state index contributed by atoms with van der Waals surface area (Å²) >= 11 is 0. The summed E-state index contributed by atoms with van der Waals surface area (Å²) in [6.45, 7) is 4.71. The van der Waals surface area contributed by atoms with Gasteiger partial charge < -0.3 is 19.5 Å². The van der Waals surface area contributed by atoms with Gasteiger partial charge in [-0.25, -0.2) is 23.8 Å². The molecule has 11 nitrogen and oxygen atoms in total. The minimum Gasteiger partial charge on any atom is -0.493 e. The van der Waals surface area contributed by atoms with Crippen LogP contribution in [0.5, 0.6) is 17.5 Å². The number of fused-ring (bicyclic) bond motifs is 2. The molecule has 0 bridgehead atoms. The lowest BCUT2D eigenvalue weighted by Gasteiger charge is -2.16. The van der Waals surface area contributed by atoms with Gasteiger partial charge in [0.1, 0.15) is 16.2 Å². The van der Waals surface area contributed by atoms with Crippen LogP contribution in [0.1, 0.15) is 19.4 Å². The van der Waals surface area contributed by atoms with Crippen molar-refractivity contribution in [2.75, 3.05) is 19.0 Å². The van der Waals surface area contributed by atoms with Crippen LogP contribution < -0.4 is 24.7 Å². The van der Waals surface area contributed by atoms with Gasteiger partial charge in [-0.3, -0.25) is 0 Å². The first-order valence-corrected chi connectivity index (χ1v) is 12.1. The number of nitrogens with zero attached hydrogens (tertiary/aromatic N) is 4. The first-order valence-electron chi connectivity index (χ1n) is 10.6. The van der Waals surface area contributed by atoms with Crippen LogP contribution in [0, 0.1) is 0 Å². The molecule has 4 heterocycles. The van der Waals surface area contributed by atoms with Gasteiger partial charge in [0.15, 0.2) is 9.92 Å². The molecule has 3 N–H and O–H groups in total. The molecule has 2 aliphatic rings. The molecule has 0 aliphatic carbocycles. The van der Waals surface area contributed by atoms with E-state index >= 15 is 0 Å². The van der Waals surface area contributed by atoms with Crippen molar-refractivity contribution in [3.63, 3.8) is 0 Å². The lowest BCUT2D eigenvalue weighted by Crippen LogP contribution is -2.27. The number of hydrogen-bond donors (Lipinski definition) is 2. The molecule has 12 heteroatoms. The third-order valence-corrected chi connectivity index (χ3v) is 6.91. The standard InChI is InChI=1S/C22H24N6O5S/c1-22(2)12-28-20(33-22)17(11-25-28)34(23,30)27-21(29)26-19-14(4-5-16-15(19)7-9-32-16)13-6-8-24-18(10-13)31-3/h4-6,8,10-11H,7,9,12H2,1-3H3,(H3,23,26,27,29,30)/t34-/m1/s1. The Hall–Kier alpha value is -3.64. The molecule has 0 saturated heterocycles. The van der Waals surface area contributed by atoms with E-state index in [4.69, 9.17) is 19.3 Å². The van der Waals surface area contributed by atoms with Gasteiger partial charge in [0.25, 0.3) is 0 Å². The van der Waals surface area contributed by atoms with Crippen molar-refractivity contribution >= 4 is 21.6 Å². The summed E-state index contributed by atoms with van der Waals surface area (Å²) in [4.78, 5) is 17.2. The first kappa shape index (κ1) is 22.2. The number of nitrogens with one attached hydrogen (secondary N) is 1. The Bertz CT molecular complexity index is 1420. The number of ether oxygens (including phenoxy) is 3. The van der Waals surface area contributed by atoms with E-state index in [9.17, 15) is 9.00 Å². The molecule has 2 aromatic heterocycles. The Balaban J connectivity index is 1.52. The summed E-state index contributed by atoms with van der Waals surface area (Å²) in [7, 11) is -2.09. The third-order valence-electron chi connectivity index (χ3n) is 5.56. The predicted octanol–water partition coefficient (Wildman–Crippen LogP) is 2.99. The number of urea groups is 1. The minimum absolute atomic E-state index is 0.0777. The Morgan fingerprint density at radius 2 is 2.18 bits per heavy atom. The highest BCUT2D eigenvalue weighted by atomic mass is 32.2. The van der Waals surface area contributed by atoms with Crippen LogP contribution in [0.3, 0.4) is 0 Å². The van der Waals surface area contributed by atoms with Crippen molar-refractivity contribution in [3.8, 4) is 28.6 Å². The van der Waals surface area contributed by atoms with Crippen LogP contribution >= 0.6 is 0 Å². The second-order valence-corrected chi connectivity index (χ2v) is 10.3. The smallest absolute Gasteiger partial charge is 0.354 e. The Morgan fingerprint density at radius 1 is 1.35 bits per heavy atom. The average molecular weight is 485 g/mol. The molecule has 0 fully saturated rings. The first-order chi connectivity index (χ1) is 16.2. The van der Waals surface area contributed by atoms with E-state index in [1.54, 1.807) is 23.0 Å². The molecular formula is C22H24N6O5S. The molecule has 0 saturated carbocycles. The molecule has 34 heavy (non-hydrogen) atoms. The van der Waals surface area contributed by atoms with Crippen molar-refractivity contribution in [2.45, 2.75) is 37.3 Å². The lowest BCUT2D eigenvalue weighted by atomic mass is 9.99. The molecule has 0 spiro atoms. The van der Waals surface area contributed by atoms with Crippen LogP contribution in [0.25, 0.3) is 11.1 Å². The van der Waals surface area contributed by atoms with Gasteiger partial charge in [-0.2, -0.15) is 5.10 Å². The average Bonchev–Trinajstić information content (AvgIpc) is 3.47. The van der Waals surface area contributed by atoms with Gasteiger partial charge in [-0.1, -0.05) is 0 Å². The molecule has 0 unspecified atom stereocenters. The van der Waals surface area contributed by atoms with Gasteiger partial charge in [0.2, 0.25) is 11.8 Å². The maximum Gasteiger partial charge on any atom is 0.354 e. The fourth-order valence-corrected chi connectivity index (χ4v) is 5.06. The number of hydrogen-bond acceptors (Lipinski definition) is 7. The Labute approximate surface area is 196 Å². The summed E-state index contributed by atoms with van der Waals surface area (Å²) in [5, 5.41) is 13.0. The van der Waals surface area contributed by atoms with Crippen molar-refractivity contribution in [3.05, 3.63) is 42.2 Å². The van der Waals surface area contributed by atoms with Crippen molar-refractivity contribution < 1.29 is 23.2 Å². The molecule has 1 atom stereocenters. The summed E-state index contributed by atoms with van der Waals surface area (Å²) in [6, 6.07) is 6.38. The monoisotopic (exact) mass is 484 g/mol. The predicted molar refractivity (Wildman–Crippen MR) is 124 cm³/mol. The Morgan fingerprint density at radius 3 is 2.97 bits per heavy atom. The van der Waals surface area contributed by atoms with E-state index in [0.717, 1.165) is 11.1 Å². The molecule has 0 radical (unpaired) electrons.